The van der Waals surface area contributed by atoms with Crippen molar-refractivity contribution >= 4 is 17.7 Å². The van der Waals surface area contributed by atoms with Crippen molar-refractivity contribution in [3.8, 4) is 11.5 Å². The van der Waals surface area contributed by atoms with Crippen LogP contribution in [0.2, 0.25) is 0 Å². The average Bonchev–Trinajstić information content (AvgIpc) is 3.24. The molecule has 9 heteroatoms. The first kappa shape index (κ1) is 17.7. The fourth-order valence-corrected chi connectivity index (χ4v) is 3.57. The molecule has 7 nitrogen and oxygen atoms in total. The lowest BCUT2D eigenvalue weighted by molar-refractivity contribution is -0.118. The maximum atomic E-state index is 13.0. The number of hydrogen-bond acceptors (Lipinski definition) is 6. The molecule has 140 valence electrons. The number of benzene rings is 1. The van der Waals surface area contributed by atoms with Crippen molar-refractivity contribution in [2.75, 3.05) is 0 Å². The number of hydrogen-bond donors (Lipinski definition) is 1. The summed E-state index contributed by atoms with van der Waals surface area (Å²) in [7, 11) is 0. The molecule has 0 aliphatic heterocycles. The largest absolute Gasteiger partial charge is 0.444 e. The lowest BCUT2D eigenvalue weighted by atomic mass is 10.2. The zero-order chi connectivity index (χ0) is 18.8. The van der Waals surface area contributed by atoms with Gasteiger partial charge in [-0.25, -0.2) is 9.37 Å². The van der Waals surface area contributed by atoms with E-state index in [1.807, 2.05) is 4.57 Å². The van der Waals surface area contributed by atoms with Gasteiger partial charge in [0, 0.05) is 30.2 Å². The number of amides is 1. The molecule has 0 radical (unpaired) electrons. The molecule has 2 aromatic heterocycles. The first-order valence-electron chi connectivity index (χ1n) is 8.64. The van der Waals surface area contributed by atoms with Gasteiger partial charge >= 0.3 is 0 Å². The van der Waals surface area contributed by atoms with E-state index in [1.165, 1.54) is 23.9 Å². The SMILES string of the molecule is NC(=O)CCn1c(SCc2coc(-c3ccc(F)cc3)n2)nnc1C1CC1. The normalized spacial score (nSPS) is 13.8. The van der Waals surface area contributed by atoms with Crippen LogP contribution in [0.3, 0.4) is 0 Å². The highest BCUT2D eigenvalue weighted by atomic mass is 32.2. The van der Waals surface area contributed by atoms with Gasteiger partial charge in [0.25, 0.3) is 0 Å². The summed E-state index contributed by atoms with van der Waals surface area (Å²) < 4.78 is 20.5. The quantitative estimate of drug-likeness (QED) is 0.596. The first-order valence-corrected chi connectivity index (χ1v) is 9.63. The van der Waals surface area contributed by atoms with Gasteiger partial charge in [0.1, 0.15) is 17.9 Å². The Balaban J connectivity index is 1.45. The van der Waals surface area contributed by atoms with Gasteiger partial charge in [-0.05, 0) is 37.1 Å². The summed E-state index contributed by atoms with van der Waals surface area (Å²) in [6.07, 6.45) is 4.04. The second-order valence-corrected chi connectivity index (χ2v) is 7.37. The second-order valence-electron chi connectivity index (χ2n) is 6.42. The first-order chi connectivity index (χ1) is 13.1. The lowest BCUT2D eigenvalue weighted by Crippen LogP contribution is -2.15. The minimum absolute atomic E-state index is 0.254. The summed E-state index contributed by atoms with van der Waals surface area (Å²) in [5.41, 5.74) is 6.75. The van der Waals surface area contributed by atoms with E-state index in [0.29, 0.717) is 29.7 Å². The van der Waals surface area contributed by atoms with Crippen molar-refractivity contribution in [1.82, 2.24) is 19.7 Å². The summed E-state index contributed by atoms with van der Waals surface area (Å²) >= 11 is 1.48. The van der Waals surface area contributed by atoms with Gasteiger partial charge in [-0.15, -0.1) is 10.2 Å². The van der Waals surface area contributed by atoms with Crippen molar-refractivity contribution in [1.29, 1.82) is 0 Å². The molecule has 3 aromatic rings. The lowest BCUT2D eigenvalue weighted by Gasteiger charge is -2.07. The third-order valence-electron chi connectivity index (χ3n) is 4.26. The minimum Gasteiger partial charge on any atom is -0.444 e. The van der Waals surface area contributed by atoms with Gasteiger partial charge in [-0.3, -0.25) is 4.79 Å². The predicted molar refractivity (Wildman–Crippen MR) is 97.3 cm³/mol. The van der Waals surface area contributed by atoms with Crippen molar-refractivity contribution < 1.29 is 13.6 Å². The minimum atomic E-state index is -0.346. The van der Waals surface area contributed by atoms with Gasteiger partial charge in [0.2, 0.25) is 11.8 Å². The van der Waals surface area contributed by atoms with Crippen LogP contribution < -0.4 is 5.73 Å². The third-order valence-corrected chi connectivity index (χ3v) is 5.26. The van der Waals surface area contributed by atoms with Crippen LogP contribution in [0.4, 0.5) is 4.39 Å². The van der Waals surface area contributed by atoms with E-state index < -0.39 is 0 Å². The van der Waals surface area contributed by atoms with E-state index in [4.69, 9.17) is 10.2 Å². The Hall–Kier alpha value is -2.68. The number of carbonyl (C=O) groups excluding carboxylic acids is 1. The molecule has 1 saturated carbocycles. The fraction of sp³-hybridized carbons (Fsp3) is 0.333. The highest BCUT2D eigenvalue weighted by molar-refractivity contribution is 7.98. The van der Waals surface area contributed by atoms with E-state index >= 15 is 0 Å². The second kappa shape index (κ2) is 7.51. The van der Waals surface area contributed by atoms with Gasteiger partial charge in [0.15, 0.2) is 5.16 Å². The molecular formula is C18H18FN5O2S. The summed E-state index contributed by atoms with van der Waals surface area (Å²) in [4.78, 5) is 15.6. The Labute approximate surface area is 159 Å². The van der Waals surface area contributed by atoms with Crippen LogP contribution >= 0.6 is 11.8 Å². The number of aromatic nitrogens is 4. The number of nitrogens with zero attached hydrogens (tertiary/aromatic N) is 4. The van der Waals surface area contributed by atoms with Gasteiger partial charge in [-0.2, -0.15) is 0 Å². The molecule has 0 atom stereocenters. The maximum Gasteiger partial charge on any atom is 0.226 e. The van der Waals surface area contributed by atoms with Crippen molar-refractivity contribution in [2.45, 2.75) is 42.6 Å². The highest BCUT2D eigenvalue weighted by Crippen LogP contribution is 2.40. The Morgan fingerprint density at radius 2 is 2.07 bits per heavy atom. The van der Waals surface area contributed by atoms with Crippen molar-refractivity contribution in [3.05, 3.63) is 47.9 Å². The number of rotatable bonds is 8. The highest BCUT2D eigenvalue weighted by Gasteiger charge is 2.30. The zero-order valence-electron chi connectivity index (χ0n) is 14.5. The molecule has 0 unspecified atom stereocenters. The van der Waals surface area contributed by atoms with Crippen LogP contribution in [-0.4, -0.2) is 25.7 Å². The van der Waals surface area contributed by atoms with E-state index in [2.05, 4.69) is 15.2 Å². The van der Waals surface area contributed by atoms with Crippen LogP contribution in [0.5, 0.6) is 0 Å². The number of halogens is 1. The topological polar surface area (TPSA) is 99.8 Å². The van der Waals surface area contributed by atoms with E-state index in [1.54, 1.807) is 18.4 Å². The predicted octanol–water partition coefficient (Wildman–Crippen LogP) is 3.12. The molecule has 1 aliphatic carbocycles. The number of primary amides is 1. The Bertz CT molecular complexity index is 949. The number of nitrogens with two attached hydrogens (primary N) is 1. The Morgan fingerprint density at radius 1 is 1.30 bits per heavy atom. The fourth-order valence-electron chi connectivity index (χ4n) is 2.72. The van der Waals surface area contributed by atoms with Crippen molar-refractivity contribution in [3.63, 3.8) is 0 Å². The van der Waals surface area contributed by atoms with Crippen LogP contribution in [0.15, 0.2) is 40.1 Å². The number of carbonyl (C=O) groups is 1. The molecule has 4 rings (SSSR count). The molecule has 2 N–H and O–H groups in total. The van der Waals surface area contributed by atoms with Crippen LogP contribution in [0.1, 0.15) is 36.7 Å². The molecule has 27 heavy (non-hydrogen) atoms. The van der Waals surface area contributed by atoms with Gasteiger partial charge in [0.05, 0.1) is 5.69 Å². The van der Waals surface area contributed by atoms with Crippen LogP contribution in [0.25, 0.3) is 11.5 Å². The maximum absolute atomic E-state index is 13.0. The van der Waals surface area contributed by atoms with Gasteiger partial charge in [-0.1, -0.05) is 11.8 Å². The molecule has 0 bridgehead atoms. The number of thioether (sulfide) groups is 1. The van der Waals surface area contributed by atoms with Crippen LogP contribution in [-0.2, 0) is 17.1 Å². The molecular weight excluding hydrogens is 369 g/mol. The molecule has 2 heterocycles. The molecule has 1 aliphatic rings. The third kappa shape index (κ3) is 4.19. The van der Waals surface area contributed by atoms with E-state index in [0.717, 1.165) is 29.5 Å². The summed E-state index contributed by atoms with van der Waals surface area (Å²) in [5, 5.41) is 9.30. The standard InChI is InChI=1S/C18H18FN5O2S/c19-13-5-3-12(4-6-13)17-21-14(9-26-17)10-27-18-23-22-16(11-1-2-11)24(18)8-7-15(20)25/h3-6,9,11H,1-2,7-8,10H2,(H2,20,25). The number of oxazole rings is 1. The van der Waals surface area contributed by atoms with E-state index in [9.17, 15) is 9.18 Å². The Kier molecular flexibility index (Phi) is 4.93. The summed E-state index contributed by atoms with van der Waals surface area (Å²) in [6.45, 7) is 0.482. The van der Waals surface area contributed by atoms with E-state index in [-0.39, 0.29) is 18.1 Å². The molecule has 1 amide bonds. The van der Waals surface area contributed by atoms with Crippen molar-refractivity contribution in [2.24, 2.45) is 5.73 Å². The summed E-state index contributed by atoms with van der Waals surface area (Å²) in [5.74, 6) is 1.69. The molecule has 0 spiro atoms. The Morgan fingerprint density at radius 3 is 2.78 bits per heavy atom. The molecule has 1 aromatic carbocycles. The van der Waals surface area contributed by atoms with Gasteiger partial charge < -0.3 is 14.7 Å². The summed E-state index contributed by atoms with van der Waals surface area (Å²) in [6, 6.07) is 5.99. The molecule has 0 saturated heterocycles. The molecule has 1 fully saturated rings. The zero-order valence-corrected chi connectivity index (χ0v) is 15.3. The smallest absolute Gasteiger partial charge is 0.226 e. The monoisotopic (exact) mass is 387 g/mol. The average molecular weight is 387 g/mol. The van der Waals surface area contributed by atoms with Crippen LogP contribution in [0, 0.1) is 5.82 Å².